The zero-order valence-corrected chi connectivity index (χ0v) is 16.9. The number of benzene rings is 1. The van der Waals surface area contributed by atoms with Crippen molar-refractivity contribution in [3.63, 3.8) is 0 Å². The van der Waals surface area contributed by atoms with Crippen molar-refractivity contribution in [2.75, 3.05) is 6.61 Å². The largest absolute Gasteiger partial charge is 0.458 e. The number of rotatable bonds is 5. The van der Waals surface area contributed by atoms with Crippen molar-refractivity contribution in [2.24, 2.45) is 0 Å². The van der Waals surface area contributed by atoms with Crippen molar-refractivity contribution in [3.8, 4) is 0 Å². The van der Waals surface area contributed by atoms with E-state index >= 15 is 0 Å². The monoisotopic (exact) mass is 499 g/mol. The van der Waals surface area contributed by atoms with Crippen LogP contribution in [0.5, 0.6) is 0 Å². The quantitative estimate of drug-likeness (QED) is 0.227. The lowest BCUT2D eigenvalue weighted by Crippen LogP contribution is -2.19. The summed E-state index contributed by atoms with van der Waals surface area (Å²) in [6.07, 6.45) is 1.13. The summed E-state index contributed by atoms with van der Waals surface area (Å²) in [6.45, 7) is 1.46. The molecular weight excluding hydrogens is 490 g/mol. The van der Waals surface area contributed by atoms with Crippen LogP contribution in [0.15, 0.2) is 42.6 Å². The maximum absolute atomic E-state index is 12.2. The molecule has 140 valence electrons. The minimum Gasteiger partial charge on any atom is -0.458 e. The summed E-state index contributed by atoms with van der Waals surface area (Å²) < 4.78 is 12.9. The maximum Gasteiger partial charge on any atom is 0.351 e. The van der Waals surface area contributed by atoms with Crippen LogP contribution < -0.4 is 5.63 Å². The van der Waals surface area contributed by atoms with Crippen LogP contribution in [0.2, 0.25) is 0 Å². The number of esters is 1. The lowest BCUT2D eigenvalue weighted by molar-refractivity contribution is -0.392. The second-order valence-electron chi connectivity index (χ2n) is 5.46. The molecule has 0 unspecified atom stereocenters. The van der Waals surface area contributed by atoms with Crippen LogP contribution in [0.3, 0.4) is 0 Å². The van der Waals surface area contributed by atoms with Gasteiger partial charge in [-0.15, -0.1) is 0 Å². The summed E-state index contributed by atoms with van der Waals surface area (Å²) in [4.78, 5) is 38.6. The Labute approximate surface area is 168 Å². The van der Waals surface area contributed by atoms with Crippen molar-refractivity contribution in [3.05, 3.63) is 65.3 Å². The lowest BCUT2D eigenvalue weighted by atomic mass is 10.2. The second kappa shape index (κ2) is 7.61. The number of aromatic nitrogens is 2. The minimum absolute atomic E-state index is 0.0316. The van der Waals surface area contributed by atoms with Gasteiger partial charge in [0.05, 0.1) is 4.47 Å². The van der Waals surface area contributed by atoms with Gasteiger partial charge in [0.1, 0.15) is 24.9 Å². The third-order valence-corrected chi connectivity index (χ3v) is 4.79. The summed E-state index contributed by atoms with van der Waals surface area (Å²) >= 11 is 6.61. The average molecular weight is 501 g/mol. The van der Waals surface area contributed by atoms with E-state index in [0.29, 0.717) is 21.3 Å². The van der Waals surface area contributed by atoms with Crippen molar-refractivity contribution in [1.82, 2.24) is 9.55 Å². The number of fused-ring (bicyclic) bond motifs is 1. The molecule has 11 heteroatoms. The van der Waals surface area contributed by atoms with Gasteiger partial charge in [-0.25, -0.2) is 19.1 Å². The molecule has 2 heterocycles. The van der Waals surface area contributed by atoms with E-state index in [1.165, 1.54) is 10.6 Å². The summed E-state index contributed by atoms with van der Waals surface area (Å²) in [6, 6.07) is 4.78. The Bertz CT molecular complexity index is 1120. The van der Waals surface area contributed by atoms with Gasteiger partial charge in [0, 0.05) is 16.8 Å². The van der Waals surface area contributed by atoms with E-state index in [1.54, 1.807) is 19.1 Å². The highest BCUT2D eigenvalue weighted by Crippen LogP contribution is 2.28. The molecule has 0 saturated heterocycles. The van der Waals surface area contributed by atoms with Crippen LogP contribution in [0.25, 0.3) is 11.0 Å². The smallest absolute Gasteiger partial charge is 0.351 e. The molecule has 0 N–H and O–H groups in total. The zero-order chi connectivity index (χ0) is 19.7. The third-order valence-electron chi connectivity index (χ3n) is 3.74. The van der Waals surface area contributed by atoms with Crippen LogP contribution >= 0.6 is 31.9 Å². The fraction of sp³-hybridized carbons (Fsp3) is 0.188. The number of hydrogen-bond acceptors (Lipinski definition) is 7. The van der Waals surface area contributed by atoms with Crippen LogP contribution in [-0.4, -0.2) is 27.1 Å². The second-order valence-corrected chi connectivity index (χ2v) is 7.23. The Morgan fingerprint density at radius 2 is 2.11 bits per heavy atom. The lowest BCUT2D eigenvalue weighted by Gasteiger charge is -2.06. The molecule has 3 rings (SSSR count). The standard InChI is InChI=1S/C16H11Br2N3O6/c1-8-19-7-13(21(24)25)20(8)2-3-26-15(22)11-5-9-4-10(17)6-12(18)14(9)27-16(11)23/h4-7H,2-3H2,1H3. The van der Waals surface area contributed by atoms with Gasteiger partial charge in [0.2, 0.25) is 0 Å². The molecule has 0 radical (unpaired) electrons. The molecule has 0 fully saturated rings. The average Bonchev–Trinajstić information content (AvgIpc) is 2.96. The van der Waals surface area contributed by atoms with Crippen LogP contribution in [0.1, 0.15) is 16.2 Å². The van der Waals surface area contributed by atoms with E-state index in [-0.39, 0.29) is 24.5 Å². The number of carbonyl (C=O) groups is 1. The van der Waals surface area contributed by atoms with Crippen molar-refractivity contribution < 1.29 is 18.9 Å². The summed E-state index contributed by atoms with van der Waals surface area (Å²) in [5.41, 5.74) is -0.783. The Balaban J connectivity index is 1.79. The Morgan fingerprint density at radius 3 is 2.81 bits per heavy atom. The number of nitrogens with zero attached hydrogens (tertiary/aromatic N) is 3. The normalized spacial score (nSPS) is 10.9. The first-order chi connectivity index (χ1) is 12.8. The van der Waals surface area contributed by atoms with Crippen LogP contribution in [0.4, 0.5) is 5.82 Å². The molecule has 3 aromatic rings. The first kappa shape index (κ1) is 19.2. The molecule has 0 saturated carbocycles. The number of halogens is 2. The number of hydrogen-bond donors (Lipinski definition) is 0. The maximum atomic E-state index is 12.2. The molecule has 0 aliphatic rings. The van der Waals surface area contributed by atoms with Gasteiger partial charge in [-0.05, 0) is 39.1 Å². The molecule has 0 aliphatic carbocycles. The fourth-order valence-electron chi connectivity index (χ4n) is 2.49. The van der Waals surface area contributed by atoms with Crippen molar-refractivity contribution >= 4 is 54.6 Å². The van der Waals surface area contributed by atoms with Crippen molar-refractivity contribution in [2.45, 2.75) is 13.5 Å². The number of ether oxygens (including phenoxy) is 1. The number of imidazole rings is 1. The Kier molecular flexibility index (Phi) is 5.42. The molecule has 9 nitrogen and oxygen atoms in total. The van der Waals surface area contributed by atoms with E-state index in [2.05, 4.69) is 36.8 Å². The van der Waals surface area contributed by atoms with E-state index in [4.69, 9.17) is 9.15 Å². The molecule has 0 spiro atoms. The zero-order valence-electron chi connectivity index (χ0n) is 13.8. The van der Waals surface area contributed by atoms with Gasteiger partial charge in [-0.1, -0.05) is 15.9 Å². The molecule has 1 aromatic carbocycles. The molecule has 0 bridgehead atoms. The number of nitro groups is 1. The van der Waals surface area contributed by atoms with Gasteiger partial charge < -0.3 is 19.3 Å². The SMILES string of the molecule is Cc1ncc([N+](=O)[O-])n1CCOC(=O)c1cc2cc(Br)cc(Br)c2oc1=O. The molecular formula is C16H11Br2N3O6. The predicted molar refractivity (Wildman–Crippen MR) is 102 cm³/mol. The van der Waals surface area contributed by atoms with E-state index in [1.807, 2.05) is 0 Å². The van der Waals surface area contributed by atoms with E-state index in [0.717, 1.165) is 10.7 Å². The molecule has 2 aromatic heterocycles. The highest BCUT2D eigenvalue weighted by molar-refractivity contribution is 9.11. The number of aryl methyl sites for hydroxylation is 1. The molecule has 0 amide bonds. The third kappa shape index (κ3) is 3.93. The van der Waals surface area contributed by atoms with Gasteiger partial charge in [0.25, 0.3) is 0 Å². The first-order valence-corrected chi connectivity index (χ1v) is 9.13. The molecule has 27 heavy (non-hydrogen) atoms. The topological polar surface area (TPSA) is 117 Å². The Hall–Kier alpha value is -2.53. The van der Waals surface area contributed by atoms with Crippen molar-refractivity contribution in [1.29, 1.82) is 0 Å². The summed E-state index contributed by atoms with van der Waals surface area (Å²) in [5.74, 6) is -0.664. The molecule has 0 atom stereocenters. The summed E-state index contributed by atoms with van der Waals surface area (Å²) in [5, 5.41) is 11.5. The Morgan fingerprint density at radius 1 is 1.37 bits per heavy atom. The minimum atomic E-state index is -0.873. The number of carbonyl (C=O) groups excluding carboxylic acids is 1. The van der Waals surface area contributed by atoms with Gasteiger partial charge >= 0.3 is 17.4 Å². The van der Waals surface area contributed by atoms with Gasteiger partial charge in [0.15, 0.2) is 11.4 Å². The highest BCUT2D eigenvalue weighted by atomic mass is 79.9. The van der Waals surface area contributed by atoms with Gasteiger partial charge in [-0.3, -0.25) is 0 Å². The first-order valence-electron chi connectivity index (χ1n) is 7.54. The van der Waals surface area contributed by atoms with Crippen LogP contribution in [0, 0.1) is 17.0 Å². The fourth-order valence-corrected chi connectivity index (χ4v) is 3.82. The summed E-state index contributed by atoms with van der Waals surface area (Å²) in [7, 11) is 0. The van der Waals surface area contributed by atoms with E-state index in [9.17, 15) is 19.7 Å². The van der Waals surface area contributed by atoms with E-state index < -0.39 is 16.5 Å². The highest BCUT2D eigenvalue weighted by Gasteiger charge is 2.20. The predicted octanol–water partition coefficient (Wildman–Crippen LogP) is 3.59. The molecule has 0 aliphatic heterocycles. The van der Waals surface area contributed by atoms with Crippen LogP contribution in [-0.2, 0) is 11.3 Å². The van der Waals surface area contributed by atoms with Gasteiger partial charge in [-0.2, -0.15) is 0 Å².